The Morgan fingerprint density at radius 3 is 2.59 bits per heavy atom. The summed E-state index contributed by atoms with van der Waals surface area (Å²) >= 11 is 0. The van der Waals surface area contributed by atoms with Gasteiger partial charge in [0.25, 0.3) is 0 Å². The SMILES string of the molecule is CC(=O)N1CCC(C(=O)Nc2ccc3c(c2)N(C)CC3)CC1. The van der Waals surface area contributed by atoms with Crippen LogP contribution in [0.2, 0.25) is 0 Å². The van der Waals surface area contributed by atoms with Gasteiger partial charge in [-0.05, 0) is 37.0 Å². The zero-order chi connectivity index (χ0) is 15.7. The van der Waals surface area contributed by atoms with Crippen molar-refractivity contribution in [1.82, 2.24) is 4.90 Å². The van der Waals surface area contributed by atoms with Gasteiger partial charge in [-0.1, -0.05) is 6.07 Å². The molecular weight excluding hydrogens is 278 g/mol. The molecule has 0 bridgehead atoms. The Hall–Kier alpha value is -2.04. The summed E-state index contributed by atoms with van der Waals surface area (Å²) in [4.78, 5) is 27.8. The van der Waals surface area contributed by atoms with Crippen LogP contribution in [-0.2, 0) is 16.0 Å². The lowest BCUT2D eigenvalue weighted by atomic mass is 9.95. The minimum atomic E-state index is 0.00147. The quantitative estimate of drug-likeness (QED) is 0.907. The van der Waals surface area contributed by atoms with Gasteiger partial charge in [0, 0.05) is 50.9 Å². The van der Waals surface area contributed by atoms with Crippen molar-refractivity contribution in [3.63, 3.8) is 0 Å². The van der Waals surface area contributed by atoms with Crippen molar-refractivity contribution < 1.29 is 9.59 Å². The van der Waals surface area contributed by atoms with E-state index in [9.17, 15) is 9.59 Å². The number of likely N-dealkylation sites (tertiary alicyclic amines) is 1. The number of amides is 2. The average Bonchev–Trinajstić information content (AvgIpc) is 2.88. The Morgan fingerprint density at radius 2 is 1.91 bits per heavy atom. The van der Waals surface area contributed by atoms with Gasteiger partial charge in [0.2, 0.25) is 11.8 Å². The normalized spacial score (nSPS) is 18.3. The Balaban J connectivity index is 1.61. The number of carbonyl (C=O) groups excluding carboxylic acids is 2. The highest BCUT2D eigenvalue weighted by Crippen LogP contribution is 2.30. The molecule has 1 N–H and O–H groups in total. The number of nitrogens with zero attached hydrogens (tertiary/aromatic N) is 2. The summed E-state index contributed by atoms with van der Waals surface area (Å²) in [5.41, 5.74) is 3.42. The second kappa shape index (κ2) is 5.99. The monoisotopic (exact) mass is 301 g/mol. The minimum absolute atomic E-state index is 0.00147. The number of anilines is 2. The number of hydrogen-bond donors (Lipinski definition) is 1. The van der Waals surface area contributed by atoms with Gasteiger partial charge in [0.15, 0.2) is 0 Å². The van der Waals surface area contributed by atoms with Crippen molar-refractivity contribution in [2.45, 2.75) is 26.2 Å². The Bertz CT molecular complexity index is 592. The van der Waals surface area contributed by atoms with E-state index in [-0.39, 0.29) is 17.7 Å². The molecule has 1 fully saturated rings. The largest absolute Gasteiger partial charge is 0.374 e. The van der Waals surface area contributed by atoms with Crippen molar-refractivity contribution in [3.05, 3.63) is 23.8 Å². The first kappa shape index (κ1) is 14.9. The second-order valence-corrected chi connectivity index (χ2v) is 6.28. The first-order valence-electron chi connectivity index (χ1n) is 7.95. The maximum atomic E-state index is 12.4. The Labute approximate surface area is 131 Å². The highest BCUT2D eigenvalue weighted by Gasteiger charge is 2.26. The van der Waals surface area contributed by atoms with Crippen LogP contribution in [0.3, 0.4) is 0 Å². The maximum absolute atomic E-state index is 12.4. The Kier molecular flexibility index (Phi) is 4.05. The van der Waals surface area contributed by atoms with E-state index in [1.165, 1.54) is 11.3 Å². The molecule has 2 aliphatic rings. The second-order valence-electron chi connectivity index (χ2n) is 6.28. The summed E-state index contributed by atoms with van der Waals surface area (Å²) in [6.45, 7) is 3.98. The van der Waals surface area contributed by atoms with E-state index in [2.05, 4.69) is 29.4 Å². The third-order valence-electron chi connectivity index (χ3n) is 4.79. The van der Waals surface area contributed by atoms with Gasteiger partial charge in [0.1, 0.15) is 0 Å². The summed E-state index contributed by atoms with van der Waals surface area (Å²) in [6, 6.07) is 6.15. The average molecular weight is 301 g/mol. The third kappa shape index (κ3) is 2.93. The van der Waals surface area contributed by atoms with Crippen LogP contribution in [-0.4, -0.2) is 43.4 Å². The number of benzene rings is 1. The number of rotatable bonds is 2. The molecule has 118 valence electrons. The number of piperidine rings is 1. The molecule has 2 aliphatic heterocycles. The van der Waals surface area contributed by atoms with Gasteiger partial charge in [0.05, 0.1) is 0 Å². The number of likely N-dealkylation sites (N-methyl/N-ethyl adjacent to an activating group) is 1. The first-order chi connectivity index (χ1) is 10.5. The van der Waals surface area contributed by atoms with E-state index < -0.39 is 0 Å². The fourth-order valence-electron chi connectivity index (χ4n) is 3.32. The number of carbonyl (C=O) groups is 2. The number of fused-ring (bicyclic) bond motifs is 1. The predicted molar refractivity (Wildman–Crippen MR) is 87.0 cm³/mol. The zero-order valence-corrected chi connectivity index (χ0v) is 13.3. The van der Waals surface area contributed by atoms with Gasteiger partial charge in [-0.2, -0.15) is 0 Å². The number of hydrogen-bond acceptors (Lipinski definition) is 3. The zero-order valence-electron chi connectivity index (χ0n) is 13.3. The molecule has 1 aromatic carbocycles. The van der Waals surface area contributed by atoms with Crippen molar-refractivity contribution in [2.24, 2.45) is 5.92 Å². The molecule has 3 rings (SSSR count). The van der Waals surface area contributed by atoms with Crippen LogP contribution in [0, 0.1) is 5.92 Å². The predicted octanol–water partition coefficient (Wildman–Crippen LogP) is 1.88. The molecule has 0 spiro atoms. The molecule has 1 aromatic rings. The van der Waals surface area contributed by atoms with Crippen molar-refractivity contribution in [3.8, 4) is 0 Å². The van der Waals surface area contributed by atoms with E-state index in [0.29, 0.717) is 13.1 Å². The van der Waals surface area contributed by atoms with Gasteiger partial charge in [-0.25, -0.2) is 0 Å². The molecule has 0 saturated carbocycles. The topological polar surface area (TPSA) is 52.7 Å². The lowest BCUT2D eigenvalue weighted by Crippen LogP contribution is -2.40. The van der Waals surface area contributed by atoms with Crippen LogP contribution in [0.4, 0.5) is 11.4 Å². The van der Waals surface area contributed by atoms with Gasteiger partial charge < -0.3 is 15.1 Å². The molecule has 2 heterocycles. The molecule has 22 heavy (non-hydrogen) atoms. The number of nitrogens with one attached hydrogen (secondary N) is 1. The molecular formula is C17H23N3O2. The molecule has 0 aromatic heterocycles. The molecule has 5 heteroatoms. The molecule has 5 nitrogen and oxygen atoms in total. The van der Waals surface area contributed by atoms with E-state index >= 15 is 0 Å². The van der Waals surface area contributed by atoms with Gasteiger partial charge in [-0.3, -0.25) is 9.59 Å². The summed E-state index contributed by atoms with van der Waals surface area (Å²) in [5, 5.41) is 3.04. The van der Waals surface area contributed by atoms with Crippen LogP contribution >= 0.6 is 0 Å². The van der Waals surface area contributed by atoms with Crippen LogP contribution in [0.25, 0.3) is 0 Å². The van der Waals surface area contributed by atoms with Crippen LogP contribution in [0.15, 0.2) is 18.2 Å². The summed E-state index contributed by atoms with van der Waals surface area (Å²) in [5.74, 6) is 0.172. The molecule has 2 amide bonds. The minimum Gasteiger partial charge on any atom is -0.374 e. The molecule has 0 unspecified atom stereocenters. The summed E-state index contributed by atoms with van der Waals surface area (Å²) < 4.78 is 0. The first-order valence-corrected chi connectivity index (χ1v) is 7.95. The fourth-order valence-corrected chi connectivity index (χ4v) is 3.32. The molecule has 1 saturated heterocycles. The summed E-state index contributed by atoms with van der Waals surface area (Å²) in [7, 11) is 2.08. The van der Waals surface area contributed by atoms with Crippen molar-refractivity contribution >= 4 is 23.2 Å². The fraction of sp³-hybridized carbons (Fsp3) is 0.529. The third-order valence-corrected chi connectivity index (χ3v) is 4.79. The van der Waals surface area contributed by atoms with Gasteiger partial charge >= 0.3 is 0 Å². The van der Waals surface area contributed by atoms with Crippen molar-refractivity contribution in [1.29, 1.82) is 0 Å². The van der Waals surface area contributed by atoms with E-state index in [1.54, 1.807) is 6.92 Å². The van der Waals surface area contributed by atoms with E-state index in [4.69, 9.17) is 0 Å². The standard InChI is InChI=1S/C17H23N3O2/c1-12(21)20-9-6-14(7-10-20)17(22)18-15-4-3-13-5-8-19(2)16(13)11-15/h3-4,11,14H,5-10H2,1-2H3,(H,18,22). The van der Waals surface area contributed by atoms with Gasteiger partial charge in [-0.15, -0.1) is 0 Å². The molecule has 0 radical (unpaired) electrons. The highest BCUT2D eigenvalue weighted by atomic mass is 16.2. The smallest absolute Gasteiger partial charge is 0.227 e. The van der Waals surface area contributed by atoms with E-state index in [0.717, 1.165) is 31.5 Å². The lowest BCUT2D eigenvalue weighted by molar-refractivity contribution is -0.132. The summed E-state index contributed by atoms with van der Waals surface area (Å²) in [6.07, 6.45) is 2.57. The van der Waals surface area contributed by atoms with Crippen LogP contribution in [0.1, 0.15) is 25.3 Å². The van der Waals surface area contributed by atoms with Crippen LogP contribution in [0.5, 0.6) is 0 Å². The van der Waals surface area contributed by atoms with Crippen molar-refractivity contribution in [2.75, 3.05) is 36.9 Å². The molecule has 0 aliphatic carbocycles. The van der Waals surface area contributed by atoms with E-state index in [1.807, 2.05) is 11.0 Å². The highest BCUT2D eigenvalue weighted by molar-refractivity contribution is 5.93. The van der Waals surface area contributed by atoms with Crippen LogP contribution < -0.4 is 10.2 Å². The molecule has 0 atom stereocenters. The maximum Gasteiger partial charge on any atom is 0.227 e. The Morgan fingerprint density at radius 1 is 1.18 bits per heavy atom. The lowest BCUT2D eigenvalue weighted by Gasteiger charge is -2.30.